The summed E-state index contributed by atoms with van der Waals surface area (Å²) >= 11 is 0. The van der Waals surface area contributed by atoms with E-state index in [0.29, 0.717) is 0 Å². The van der Waals surface area contributed by atoms with Gasteiger partial charge >= 0.3 is 5.97 Å². The topological polar surface area (TPSA) is 86.7 Å². The first-order valence-electron chi connectivity index (χ1n) is 8.47. The number of nitrogens with zero attached hydrogens (tertiary/aromatic N) is 1. The normalized spacial score (nSPS) is 14.5. The smallest absolute Gasteiger partial charge is 0.331 e. The summed E-state index contributed by atoms with van der Waals surface area (Å²) in [6, 6.07) is -0.336. The van der Waals surface area contributed by atoms with Crippen molar-refractivity contribution in [2.24, 2.45) is 17.8 Å². The molecule has 0 aromatic carbocycles. The van der Waals surface area contributed by atoms with E-state index in [1.165, 1.54) is 11.8 Å². The van der Waals surface area contributed by atoms with Crippen LogP contribution >= 0.6 is 0 Å². The quantitative estimate of drug-likeness (QED) is 0.631. The molecule has 0 radical (unpaired) electrons. The molecule has 0 rings (SSSR count). The Hall–Kier alpha value is -1.85. The van der Waals surface area contributed by atoms with Crippen molar-refractivity contribution in [3.63, 3.8) is 0 Å². The molecule has 2 N–H and O–H groups in total. The molecule has 0 aromatic heterocycles. The van der Waals surface area contributed by atoms with E-state index in [4.69, 9.17) is 5.11 Å². The number of likely N-dealkylation sites (N-methyl/N-ethyl adjacent to an activating group) is 1. The highest BCUT2D eigenvalue weighted by Crippen LogP contribution is 2.15. The Kier molecular flexibility index (Phi) is 9.33. The van der Waals surface area contributed by atoms with E-state index in [1.54, 1.807) is 13.1 Å². The molecule has 0 saturated carbocycles. The average Bonchev–Trinajstić information content (AvgIpc) is 2.48. The van der Waals surface area contributed by atoms with Crippen LogP contribution in [0.1, 0.15) is 48.0 Å². The van der Waals surface area contributed by atoms with Crippen molar-refractivity contribution in [3.8, 4) is 0 Å². The number of hydrogen-bond acceptors (Lipinski definition) is 3. The fourth-order valence-electron chi connectivity index (χ4n) is 2.62. The van der Waals surface area contributed by atoms with Crippen molar-refractivity contribution in [3.05, 3.63) is 11.6 Å². The van der Waals surface area contributed by atoms with Crippen molar-refractivity contribution in [1.29, 1.82) is 0 Å². The van der Waals surface area contributed by atoms with E-state index in [2.05, 4.69) is 5.32 Å². The second-order valence-electron chi connectivity index (χ2n) is 6.87. The van der Waals surface area contributed by atoms with Gasteiger partial charge in [-0.15, -0.1) is 0 Å². The highest BCUT2D eigenvalue weighted by atomic mass is 16.4. The number of hydrogen-bond donors (Lipinski definition) is 2. The number of carbonyl (C=O) groups excluding carboxylic acids is 2. The van der Waals surface area contributed by atoms with Gasteiger partial charge in [-0.25, -0.2) is 4.79 Å². The molecule has 0 fully saturated rings. The Bertz CT molecular complexity index is 483. The zero-order chi connectivity index (χ0) is 19.0. The lowest BCUT2D eigenvalue weighted by Crippen LogP contribution is -2.46. The minimum Gasteiger partial charge on any atom is -0.478 e. The Balaban J connectivity index is 4.92. The van der Waals surface area contributed by atoms with E-state index in [-0.39, 0.29) is 47.7 Å². The zero-order valence-electron chi connectivity index (χ0n) is 15.9. The molecule has 0 aliphatic rings. The molecule has 2 amide bonds. The largest absolute Gasteiger partial charge is 0.478 e. The van der Waals surface area contributed by atoms with E-state index in [0.717, 1.165) is 6.42 Å². The highest BCUT2D eigenvalue weighted by molar-refractivity contribution is 5.87. The monoisotopic (exact) mass is 340 g/mol. The van der Waals surface area contributed by atoms with Crippen LogP contribution in [0.5, 0.6) is 0 Å². The molecule has 6 heteroatoms. The third-order valence-electron chi connectivity index (χ3n) is 4.28. The first kappa shape index (κ1) is 22.1. The second-order valence-corrected chi connectivity index (χ2v) is 6.87. The van der Waals surface area contributed by atoms with Gasteiger partial charge in [0.15, 0.2) is 0 Å². The molecular formula is C18H32N2O4. The molecule has 0 saturated heterocycles. The van der Waals surface area contributed by atoms with Crippen molar-refractivity contribution in [2.75, 3.05) is 13.6 Å². The lowest BCUT2D eigenvalue weighted by molar-refractivity contribution is -0.135. The summed E-state index contributed by atoms with van der Waals surface area (Å²) < 4.78 is 0. The van der Waals surface area contributed by atoms with Gasteiger partial charge in [0.25, 0.3) is 0 Å². The van der Waals surface area contributed by atoms with Crippen LogP contribution in [0.2, 0.25) is 0 Å². The minimum absolute atomic E-state index is 0.0583. The minimum atomic E-state index is -1.00. The molecule has 6 nitrogen and oxygen atoms in total. The predicted octanol–water partition coefficient (Wildman–Crippen LogP) is 2.30. The van der Waals surface area contributed by atoms with Gasteiger partial charge in [0.05, 0.1) is 12.6 Å². The molecule has 0 bridgehead atoms. The SMILES string of the molecule is CC[C@H](C(=O)NCC(=O)N(C)[C@H](/C=C(\C)C(=O)O)C(C)C)C(C)C. The molecule has 0 aliphatic carbocycles. The molecular weight excluding hydrogens is 308 g/mol. The van der Waals surface area contributed by atoms with Crippen LogP contribution in [0.15, 0.2) is 11.6 Å². The Morgan fingerprint density at radius 3 is 2.04 bits per heavy atom. The van der Waals surface area contributed by atoms with Crippen LogP contribution in [0, 0.1) is 17.8 Å². The Labute approximate surface area is 145 Å². The number of amides is 2. The molecule has 0 spiro atoms. The Morgan fingerprint density at radius 1 is 1.12 bits per heavy atom. The van der Waals surface area contributed by atoms with Gasteiger partial charge in [-0.2, -0.15) is 0 Å². The van der Waals surface area contributed by atoms with Crippen LogP contribution in [-0.4, -0.2) is 47.4 Å². The van der Waals surface area contributed by atoms with Crippen molar-refractivity contribution < 1.29 is 19.5 Å². The van der Waals surface area contributed by atoms with Crippen LogP contribution in [0.4, 0.5) is 0 Å². The first-order chi connectivity index (χ1) is 11.0. The van der Waals surface area contributed by atoms with Gasteiger partial charge < -0.3 is 15.3 Å². The second kappa shape index (κ2) is 10.1. The summed E-state index contributed by atoms with van der Waals surface area (Å²) in [6.07, 6.45) is 2.30. The summed E-state index contributed by atoms with van der Waals surface area (Å²) in [6.45, 7) is 11.2. The van der Waals surface area contributed by atoms with E-state index in [9.17, 15) is 14.4 Å². The molecule has 0 heterocycles. The number of carbonyl (C=O) groups is 3. The molecule has 0 aliphatic heterocycles. The van der Waals surface area contributed by atoms with E-state index >= 15 is 0 Å². The lowest BCUT2D eigenvalue weighted by Gasteiger charge is -2.29. The summed E-state index contributed by atoms with van der Waals surface area (Å²) in [5, 5.41) is 11.7. The number of rotatable bonds is 9. The van der Waals surface area contributed by atoms with Gasteiger partial charge in [-0.3, -0.25) is 9.59 Å². The molecule has 2 atom stereocenters. The molecule has 0 aromatic rings. The maximum absolute atomic E-state index is 12.4. The fraction of sp³-hybridized carbons (Fsp3) is 0.722. The third-order valence-corrected chi connectivity index (χ3v) is 4.28. The predicted molar refractivity (Wildman–Crippen MR) is 94.4 cm³/mol. The van der Waals surface area contributed by atoms with Crippen molar-refractivity contribution >= 4 is 17.8 Å². The standard InChI is InChI=1S/C18H32N2O4/c1-8-14(11(2)3)17(22)19-10-16(21)20(7)15(12(4)5)9-13(6)18(23)24/h9,11-12,14-15H,8,10H2,1-7H3,(H,19,22)(H,23,24)/b13-9+/t14-,15+/m0/s1. The number of nitrogens with one attached hydrogen (secondary N) is 1. The van der Waals surface area contributed by atoms with Gasteiger partial charge in [0.2, 0.25) is 11.8 Å². The fourth-order valence-corrected chi connectivity index (χ4v) is 2.62. The van der Waals surface area contributed by atoms with Gasteiger partial charge in [0, 0.05) is 18.5 Å². The molecule has 0 unspecified atom stereocenters. The maximum Gasteiger partial charge on any atom is 0.331 e. The van der Waals surface area contributed by atoms with Gasteiger partial charge in [0.1, 0.15) is 0 Å². The van der Waals surface area contributed by atoms with Gasteiger partial charge in [-0.05, 0) is 25.2 Å². The number of carboxylic acids is 1. The summed E-state index contributed by atoms with van der Waals surface area (Å²) in [5.74, 6) is -1.20. The van der Waals surface area contributed by atoms with Crippen LogP contribution in [0.25, 0.3) is 0 Å². The first-order valence-corrected chi connectivity index (χ1v) is 8.47. The molecule has 138 valence electrons. The average molecular weight is 340 g/mol. The maximum atomic E-state index is 12.4. The van der Waals surface area contributed by atoms with Gasteiger partial charge in [-0.1, -0.05) is 40.7 Å². The number of aliphatic carboxylic acids is 1. The Morgan fingerprint density at radius 2 is 1.67 bits per heavy atom. The van der Waals surface area contributed by atoms with Crippen molar-refractivity contribution in [1.82, 2.24) is 10.2 Å². The van der Waals surface area contributed by atoms with Crippen molar-refractivity contribution in [2.45, 2.75) is 54.0 Å². The lowest BCUT2D eigenvalue weighted by atomic mass is 9.92. The molecule has 24 heavy (non-hydrogen) atoms. The highest BCUT2D eigenvalue weighted by Gasteiger charge is 2.24. The summed E-state index contributed by atoms with van der Waals surface area (Å²) in [5.41, 5.74) is 0.197. The summed E-state index contributed by atoms with van der Waals surface area (Å²) in [4.78, 5) is 37.0. The summed E-state index contributed by atoms with van der Waals surface area (Å²) in [7, 11) is 1.63. The van der Waals surface area contributed by atoms with E-state index < -0.39 is 5.97 Å². The van der Waals surface area contributed by atoms with Crippen LogP contribution < -0.4 is 5.32 Å². The van der Waals surface area contributed by atoms with E-state index in [1.807, 2.05) is 34.6 Å². The van der Waals surface area contributed by atoms with Crippen LogP contribution in [-0.2, 0) is 14.4 Å². The number of carboxylic acid groups (broad SMARTS) is 1. The van der Waals surface area contributed by atoms with Crippen LogP contribution in [0.3, 0.4) is 0 Å². The zero-order valence-corrected chi connectivity index (χ0v) is 15.9. The third kappa shape index (κ3) is 6.72.